The van der Waals surface area contributed by atoms with Crippen LogP contribution in [0.3, 0.4) is 0 Å². The first-order valence-electron chi connectivity index (χ1n) is 6.55. The SMILES string of the molecule is CCCNCC(C)(CC)Cc1cccc(Br)c1. The predicted octanol–water partition coefficient (Wildman–Crippen LogP) is 4.41. The van der Waals surface area contributed by atoms with Gasteiger partial charge in [-0.2, -0.15) is 0 Å². The number of hydrogen-bond donors (Lipinski definition) is 1. The summed E-state index contributed by atoms with van der Waals surface area (Å²) in [4.78, 5) is 0. The maximum Gasteiger partial charge on any atom is 0.0177 e. The van der Waals surface area contributed by atoms with Crippen LogP contribution in [0.25, 0.3) is 0 Å². The predicted molar refractivity (Wildman–Crippen MR) is 79.4 cm³/mol. The highest BCUT2D eigenvalue weighted by molar-refractivity contribution is 9.10. The van der Waals surface area contributed by atoms with Crippen LogP contribution in [0.15, 0.2) is 28.7 Å². The first kappa shape index (κ1) is 14.7. The number of nitrogens with one attached hydrogen (secondary N) is 1. The quantitative estimate of drug-likeness (QED) is 0.735. The van der Waals surface area contributed by atoms with E-state index >= 15 is 0 Å². The first-order valence-corrected chi connectivity index (χ1v) is 7.34. The standard InChI is InChI=1S/C15H24BrN/c1-4-9-17-12-15(3,5-2)11-13-7-6-8-14(16)10-13/h6-8,10,17H,4-5,9,11-12H2,1-3H3. The molecular formula is C15H24BrN. The molecule has 0 fully saturated rings. The van der Waals surface area contributed by atoms with E-state index in [9.17, 15) is 0 Å². The topological polar surface area (TPSA) is 12.0 Å². The molecule has 1 atom stereocenters. The third-order valence-electron chi connectivity index (χ3n) is 3.35. The minimum Gasteiger partial charge on any atom is -0.316 e. The van der Waals surface area contributed by atoms with Gasteiger partial charge in [0.05, 0.1) is 0 Å². The van der Waals surface area contributed by atoms with Crippen molar-refractivity contribution in [2.24, 2.45) is 5.41 Å². The molecule has 0 radical (unpaired) electrons. The second-order valence-corrected chi connectivity index (χ2v) is 6.06. The molecule has 0 amide bonds. The summed E-state index contributed by atoms with van der Waals surface area (Å²) >= 11 is 3.54. The summed E-state index contributed by atoms with van der Waals surface area (Å²) in [6, 6.07) is 8.66. The Morgan fingerprint density at radius 2 is 2.06 bits per heavy atom. The lowest BCUT2D eigenvalue weighted by Crippen LogP contribution is -2.33. The number of halogens is 1. The van der Waals surface area contributed by atoms with Crippen LogP contribution in [-0.4, -0.2) is 13.1 Å². The van der Waals surface area contributed by atoms with Gasteiger partial charge in [0, 0.05) is 11.0 Å². The Hall–Kier alpha value is -0.340. The molecule has 0 aromatic heterocycles. The average Bonchev–Trinajstić information content (AvgIpc) is 2.29. The Balaban J connectivity index is 2.61. The van der Waals surface area contributed by atoms with Crippen molar-refractivity contribution in [3.63, 3.8) is 0 Å². The van der Waals surface area contributed by atoms with Gasteiger partial charge in [0.15, 0.2) is 0 Å². The van der Waals surface area contributed by atoms with Crippen molar-refractivity contribution >= 4 is 15.9 Å². The van der Waals surface area contributed by atoms with Crippen LogP contribution in [0, 0.1) is 5.41 Å². The molecule has 1 N–H and O–H groups in total. The zero-order valence-corrected chi connectivity index (χ0v) is 12.8. The van der Waals surface area contributed by atoms with Gasteiger partial charge in [-0.1, -0.05) is 48.8 Å². The van der Waals surface area contributed by atoms with Crippen LogP contribution < -0.4 is 5.32 Å². The summed E-state index contributed by atoms with van der Waals surface area (Å²) < 4.78 is 1.18. The molecule has 0 heterocycles. The first-order chi connectivity index (χ1) is 8.09. The normalized spacial score (nSPS) is 14.6. The third-order valence-corrected chi connectivity index (χ3v) is 3.85. The molecule has 1 aromatic rings. The van der Waals surface area contributed by atoms with Crippen molar-refractivity contribution < 1.29 is 0 Å². The molecule has 17 heavy (non-hydrogen) atoms. The Labute approximate surface area is 114 Å². The summed E-state index contributed by atoms with van der Waals surface area (Å²) in [6.45, 7) is 9.09. The Morgan fingerprint density at radius 1 is 1.29 bits per heavy atom. The molecule has 0 saturated heterocycles. The maximum absolute atomic E-state index is 3.55. The number of rotatable bonds is 7. The van der Waals surface area contributed by atoms with Crippen molar-refractivity contribution in [2.75, 3.05) is 13.1 Å². The highest BCUT2D eigenvalue weighted by Gasteiger charge is 2.21. The van der Waals surface area contributed by atoms with Crippen molar-refractivity contribution in [3.8, 4) is 0 Å². The summed E-state index contributed by atoms with van der Waals surface area (Å²) in [6.07, 6.45) is 3.55. The molecule has 1 aromatic carbocycles. The van der Waals surface area contributed by atoms with E-state index in [0.29, 0.717) is 5.41 Å². The monoisotopic (exact) mass is 297 g/mol. The molecule has 0 aliphatic rings. The van der Waals surface area contributed by atoms with Gasteiger partial charge >= 0.3 is 0 Å². The second kappa shape index (κ2) is 7.17. The summed E-state index contributed by atoms with van der Waals surface area (Å²) in [5.41, 5.74) is 1.78. The molecule has 0 aliphatic heterocycles. The van der Waals surface area contributed by atoms with Gasteiger partial charge in [0.2, 0.25) is 0 Å². The fourth-order valence-electron chi connectivity index (χ4n) is 2.02. The molecule has 96 valence electrons. The lowest BCUT2D eigenvalue weighted by molar-refractivity contribution is 0.291. The Morgan fingerprint density at radius 3 is 2.65 bits per heavy atom. The van der Waals surface area contributed by atoms with Crippen LogP contribution >= 0.6 is 15.9 Å². The zero-order valence-electron chi connectivity index (χ0n) is 11.2. The summed E-state index contributed by atoms with van der Waals surface area (Å²) in [5.74, 6) is 0. The minimum atomic E-state index is 0.357. The van der Waals surface area contributed by atoms with E-state index in [1.165, 1.54) is 22.9 Å². The highest BCUT2D eigenvalue weighted by Crippen LogP contribution is 2.26. The van der Waals surface area contributed by atoms with Crippen LogP contribution in [0.2, 0.25) is 0 Å². The van der Waals surface area contributed by atoms with E-state index < -0.39 is 0 Å². The molecular weight excluding hydrogens is 274 g/mol. The van der Waals surface area contributed by atoms with E-state index in [-0.39, 0.29) is 0 Å². The molecule has 0 aliphatic carbocycles. The fourth-order valence-corrected chi connectivity index (χ4v) is 2.47. The maximum atomic E-state index is 3.55. The van der Waals surface area contributed by atoms with Crippen molar-refractivity contribution in [3.05, 3.63) is 34.3 Å². The van der Waals surface area contributed by atoms with Crippen LogP contribution in [-0.2, 0) is 6.42 Å². The van der Waals surface area contributed by atoms with Crippen molar-refractivity contribution in [1.29, 1.82) is 0 Å². The van der Waals surface area contributed by atoms with Crippen molar-refractivity contribution in [2.45, 2.75) is 40.0 Å². The summed E-state index contributed by atoms with van der Waals surface area (Å²) in [7, 11) is 0. The molecule has 1 unspecified atom stereocenters. The third kappa shape index (κ3) is 5.22. The van der Waals surface area contributed by atoms with Gasteiger partial charge in [-0.05, 0) is 48.9 Å². The van der Waals surface area contributed by atoms with Crippen molar-refractivity contribution in [1.82, 2.24) is 5.32 Å². The van der Waals surface area contributed by atoms with Crippen LogP contribution in [0.1, 0.15) is 39.2 Å². The minimum absolute atomic E-state index is 0.357. The lowest BCUT2D eigenvalue weighted by Gasteiger charge is -2.29. The highest BCUT2D eigenvalue weighted by atomic mass is 79.9. The lowest BCUT2D eigenvalue weighted by atomic mass is 9.81. The van der Waals surface area contributed by atoms with Crippen LogP contribution in [0.5, 0.6) is 0 Å². The molecule has 1 rings (SSSR count). The van der Waals surface area contributed by atoms with Gasteiger partial charge in [0.1, 0.15) is 0 Å². The fraction of sp³-hybridized carbons (Fsp3) is 0.600. The Kier molecular flexibility index (Phi) is 6.21. The van der Waals surface area contributed by atoms with Gasteiger partial charge in [0.25, 0.3) is 0 Å². The van der Waals surface area contributed by atoms with Gasteiger partial charge in [-0.15, -0.1) is 0 Å². The molecule has 1 nitrogen and oxygen atoms in total. The molecule has 0 saturated carbocycles. The smallest absolute Gasteiger partial charge is 0.0177 e. The van der Waals surface area contributed by atoms with E-state index in [2.05, 4.69) is 66.3 Å². The van der Waals surface area contributed by atoms with Gasteiger partial charge in [-0.25, -0.2) is 0 Å². The van der Waals surface area contributed by atoms with E-state index in [1.54, 1.807) is 0 Å². The van der Waals surface area contributed by atoms with E-state index in [0.717, 1.165) is 19.5 Å². The second-order valence-electron chi connectivity index (χ2n) is 5.15. The summed E-state index contributed by atoms with van der Waals surface area (Å²) in [5, 5.41) is 3.55. The molecule has 2 heteroatoms. The zero-order chi connectivity index (χ0) is 12.7. The van der Waals surface area contributed by atoms with E-state index in [1.807, 2.05) is 0 Å². The van der Waals surface area contributed by atoms with Gasteiger partial charge in [-0.3, -0.25) is 0 Å². The van der Waals surface area contributed by atoms with Gasteiger partial charge < -0.3 is 5.32 Å². The van der Waals surface area contributed by atoms with E-state index in [4.69, 9.17) is 0 Å². The number of benzene rings is 1. The van der Waals surface area contributed by atoms with Crippen LogP contribution in [0.4, 0.5) is 0 Å². The molecule has 0 bridgehead atoms. The number of hydrogen-bond acceptors (Lipinski definition) is 1. The average molecular weight is 298 g/mol. The largest absolute Gasteiger partial charge is 0.316 e. The molecule has 0 spiro atoms. The Bertz CT molecular complexity index is 337.